The number of alkyl halides is 3. The van der Waals surface area contributed by atoms with Crippen LogP contribution in [0.2, 0.25) is 0 Å². The van der Waals surface area contributed by atoms with E-state index < -0.39 is 11.7 Å². The number of rotatable bonds is 6. The maximum Gasteiger partial charge on any atom is 0.421 e. The topological polar surface area (TPSA) is 41.5 Å². The number of nitrogens with zero attached hydrogens (tertiary/aromatic N) is 4. The lowest BCUT2D eigenvalue weighted by molar-refractivity contribution is -0.137. The van der Waals surface area contributed by atoms with E-state index in [9.17, 15) is 13.2 Å². The second-order valence-corrected chi connectivity index (χ2v) is 8.08. The van der Waals surface area contributed by atoms with Crippen molar-refractivity contribution in [1.82, 2.24) is 9.97 Å². The van der Waals surface area contributed by atoms with Crippen molar-refractivity contribution in [2.45, 2.75) is 26.1 Å². The summed E-state index contributed by atoms with van der Waals surface area (Å²) in [7, 11) is 3.24. The average Bonchev–Trinajstić information content (AvgIpc) is 2.72. The fraction of sp³-hybridized carbons (Fsp3) is 0.273. The number of hydrogen-bond donors (Lipinski definition) is 0. The number of anilines is 4. The van der Waals surface area contributed by atoms with Crippen LogP contribution in [0.15, 0.2) is 59.2 Å². The second kappa shape index (κ2) is 9.13. The minimum atomic E-state index is -4.59. The van der Waals surface area contributed by atoms with Gasteiger partial charge in [-0.2, -0.15) is 18.2 Å². The van der Waals surface area contributed by atoms with Gasteiger partial charge in [-0.3, -0.25) is 0 Å². The fourth-order valence-corrected chi connectivity index (χ4v) is 3.17. The molecule has 0 atom stereocenters. The minimum absolute atomic E-state index is 0.0403. The molecule has 5 nitrogen and oxygen atoms in total. The molecule has 0 amide bonds. The van der Waals surface area contributed by atoms with Gasteiger partial charge in [0.25, 0.3) is 0 Å². The summed E-state index contributed by atoms with van der Waals surface area (Å²) < 4.78 is 47.4. The molecule has 9 heteroatoms. The summed E-state index contributed by atoms with van der Waals surface area (Å²) in [6.45, 7) is 3.86. The third-order valence-corrected chi connectivity index (χ3v) is 5.02. The Hall–Kier alpha value is -2.81. The van der Waals surface area contributed by atoms with Crippen LogP contribution in [0.4, 0.5) is 36.3 Å². The fourth-order valence-electron chi connectivity index (χ4n) is 2.90. The maximum atomic E-state index is 13.7. The minimum Gasteiger partial charge on any atom is -0.491 e. The lowest BCUT2D eigenvalue weighted by Crippen LogP contribution is -2.21. The number of aromatic nitrogens is 2. The molecule has 0 aliphatic carbocycles. The van der Waals surface area contributed by atoms with Gasteiger partial charge in [-0.15, -0.1) is 0 Å². The van der Waals surface area contributed by atoms with E-state index in [0.717, 1.165) is 10.7 Å². The molecule has 0 aliphatic heterocycles. The molecule has 0 bridgehead atoms. The van der Waals surface area contributed by atoms with Crippen molar-refractivity contribution in [3.8, 4) is 5.75 Å². The second-order valence-electron chi connectivity index (χ2n) is 7.16. The third-order valence-electron chi connectivity index (χ3n) is 4.49. The third kappa shape index (κ3) is 5.46. The van der Waals surface area contributed by atoms with Crippen molar-refractivity contribution in [3.05, 3.63) is 64.8 Å². The van der Waals surface area contributed by atoms with Gasteiger partial charge < -0.3 is 14.5 Å². The highest BCUT2D eigenvalue weighted by atomic mass is 79.9. The van der Waals surface area contributed by atoms with E-state index in [4.69, 9.17) is 4.74 Å². The SMILES string of the molecule is CC(C)Oc1ccc(N(C)c2ncc(C(F)(F)F)c(N(C)c3ccc(Br)cc3)n2)cc1. The summed E-state index contributed by atoms with van der Waals surface area (Å²) in [5, 5.41) is 0. The number of hydrogen-bond acceptors (Lipinski definition) is 5. The van der Waals surface area contributed by atoms with Gasteiger partial charge in [0.15, 0.2) is 5.82 Å². The highest BCUT2D eigenvalue weighted by Crippen LogP contribution is 2.38. The maximum absolute atomic E-state index is 13.7. The molecule has 0 unspecified atom stereocenters. The largest absolute Gasteiger partial charge is 0.491 e. The predicted octanol–water partition coefficient (Wildman–Crippen LogP) is 6.58. The zero-order chi connectivity index (χ0) is 22.8. The Morgan fingerprint density at radius 1 is 0.903 bits per heavy atom. The molecule has 0 fully saturated rings. The average molecular weight is 495 g/mol. The van der Waals surface area contributed by atoms with Crippen LogP contribution in [0.1, 0.15) is 19.4 Å². The van der Waals surface area contributed by atoms with Crippen LogP contribution in [0.3, 0.4) is 0 Å². The van der Waals surface area contributed by atoms with Crippen molar-refractivity contribution in [2.75, 3.05) is 23.9 Å². The number of halogens is 4. The van der Waals surface area contributed by atoms with Gasteiger partial charge in [0.1, 0.15) is 11.3 Å². The smallest absolute Gasteiger partial charge is 0.421 e. The van der Waals surface area contributed by atoms with E-state index in [1.165, 1.54) is 4.90 Å². The molecule has 0 aliphatic rings. The molecule has 164 valence electrons. The number of ether oxygens (including phenoxy) is 1. The summed E-state index contributed by atoms with van der Waals surface area (Å²) >= 11 is 3.33. The van der Waals surface area contributed by atoms with E-state index in [-0.39, 0.29) is 17.9 Å². The van der Waals surface area contributed by atoms with Crippen molar-refractivity contribution in [2.24, 2.45) is 0 Å². The molecular formula is C22H22BrF3N4O. The Bertz CT molecular complexity index is 1020. The summed E-state index contributed by atoms with van der Waals surface area (Å²) in [5.41, 5.74) is 0.375. The van der Waals surface area contributed by atoms with Gasteiger partial charge in [-0.1, -0.05) is 15.9 Å². The first-order valence-corrected chi connectivity index (χ1v) is 10.3. The van der Waals surface area contributed by atoms with Crippen molar-refractivity contribution in [3.63, 3.8) is 0 Å². The first-order chi connectivity index (χ1) is 14.6. The van der Waals surface area contributed by atoms with Gasteiger partial charge in [0, 0.05) is 36.1 Å². The first-order valence-electron chi connectivity index (χ1n) is 9.50. The van der Waals surface area contributed by atoms with Crippen LogP contribution in [-0.4, -0.2) is 30.2 Å². The Balaban J connectivity index is 1.98. The summed E-state index contributed by atoms with van der Waals surface area (Å²) in [5.74, 6) is 0.618. The van der Waals surface area contributed by atoms with E-state index in [1.807, 2.05) is 13.8 Å². The van der Waals surface area contributed by atoms with Crippen LogP contribution >= 0.6 is 15.9 Å². The molecule has 1 aromatic heterocycles. The molecule has 31 heavy (non-hydrogen) atoms. The molecule has 0 spiro atoms. The molecule has 0 radical (unpaired) electrons. The van der Waals surface area contributed by atoms with Crippen LogP contribution in [0.5, 0.6) is 5.75 Å². The van der Waals surface area contributed by atoms with E-state index in [2.05, 4.69) is 25.9 Å². The zero-order valence-electron chi connectivity index (χ0n) is 17.5. The molecule has 0 saturated carbocycles. The van der Waals surface area contributed by atoms with Gasteiger partial charge in [0.2, 0.25) is 5.95 Å². The Kier molecular flexibility index (Phi) is 6.74. The van der Waals surface area contributed by atoms with E-state index in [0.29, 0.717) is 17.1 Å². The highest BCUT2D eigenvalue weighted by molar-refractivity contribution is 9.10. The molecule has 1 heterocycles. The van der Waals surface area contributed by atoms with Gasteiger partial charge in [-0.05, 0) is 62.4 Å². The predicted molar refractivity (Wildman–Crippen MR) is 120 cm³/mol. The summed E-state index contributed by atoms with van der Waals surface area (Å²) in [6, 6.07) is 14.1. The highest BCUT2D eigenvalue weighted by Gasteiger charge is 2.37. The van der Waals surface area contributed by atoms with Crippen LogP contribution in [0, 0.1) is 0 Å². The molecule has 3 aromatic rings. The van der Waals surface area contributed by atoms with Crippen LogP contribution in [-0.2, 0) is 6.18 Å². The van der Waals surface area contributed by atoms with E-state index >= 15 is 0 Å². The standard InChI is InChI=1S/C22H22BrF3N4O/c1-14(2)31-18-11-9-17(10-12-18)30(4)21-27-13-19(22(24,25)26)20(28-21)29(3)16-7-5-15(23)6-8-16/h5-14H,1-4H3. The summed E-state index contributed by atoms with van der Waals surface area (Å²) in [4.78, 5) is 11.3. The van der Waals surface area contributed by atoms with Gasteiger partial charge >= 0.3 is 6.18 Å². The lowest BCUT2D eigenvalue weighted by Gasteiger charge is -2.25. The van der Waals surface area contributed by atoms with Crippen molar-refractivity contribution in [1.29, 1.82) is 0 Å². The molecule has 0 N–H and O–H groups in total. The number of benzene rings is 2. The van der Waals surface area contributed by atoms with Crippen molar-refractivity contribution >= 4 is 39.1 Å². The lowest BCUT2D eigenvalue weighted by atomic mass is 10.2. The van der Waals surface area contributed by atoms with Crippen LogP contribution < -0.4 is 14.5 Å². The van der Waals surface area contributed by atoms with Crippen LogP contribution in [0.25, 0.3) is 0 Å². The van der Waals surface area contributed by atoms with E-state index in [1.54, 1.807) is 67.5 Å². The first kappa shape index (κ1) is 22.9. The van der Waals surface area contributed by atoms with Crippen molar-refractivity contribution < 1.29 is 17.9 Å². The quantitative estimate of drug-likeness (QED) is 0.387. The monoisotopic (exact) mass is 494 g/mol. The molecule has 2 aromatic carbocycles. The van der Waals surface area contributed by atoms with Gasteiger partial charge in [0.05, 0.1) is 6.10 Å². The molecule has 0 saturated heterocycles. The van der Waals surface area contributed by atoms with Gasteiger partial charge in [-0.25, -0.2) is 4.98 Å². The molecule has 3 rings (SSSR count). The normalized spacial score (nSPS) is 11.5. The summed E-state index contributed by atoms with van der Waals surface area (Å²) in [6.07, 6.45) is -3.73. The molecular weight excluding hydrogens is 473 g/mol. The Morgan fingerprint density at radius 2 is 1.45 bits per heavy atom. The Morgan fingerprint density at radius 3 is 2.00 bits per heavy atom. The Labute approximate surface area is 187 Å². The zero-order valence-corrected chi connectivity index (χ0v) is 19.1.